The molecule has 0 spiro atoms. The largest absolute Gasteiger partial charge is 0.508 e. The Morgan fingerprint density at radius 1 is 1.18 bits per heavy atom. The van der Waals surface area contributed by atoms with Gasteiger partial charge in [0.2, 0.25) is 0 Å². The maximum Gasteiger partial charge on any atom is 0.115 e. The molecule has 0 saturated carbocycles. The Kier molecular flexibility index (Phi) is 3.50. The van der Waals surface area contributed by atoms with E-state index >= 15 is 0 Å². The van der Waals surface area contributed by atoms with E-state index < -0.39 is 0 Å². The summed E-state index contributed by atoms with van der Waals surface area (Å²) in [6.45, 7) is 12.9. The first-order valence-corrected chi connectivity index (χ1v) is 6.20. The molecule has 1 unspecified atom stereocenters. The van der Waals surface area contributed by atoms with E-state index in [1.54, 1.807) is 13.2 Å². The van der Waals surface area contributed by atoms with Gasteiger partial charge >= 0.3 is 0 Å². The molecule has 0 saturated heterocycles. The molecule has 0 radical (unpaired) electrons. The number of allylic oxidation sites excluding steroid dienone is 1. The fourth-order valence-electron chi connectivity index (χ4n) is 2.34. The molecular weight excluding hydrogens is 212 g/mol. The van der Waals surface area contributed by atoms with Crippen LogP contribution in [0.5, 0.6) is 0 Å². The molecule has 1 rings (SSSR count). The lowest BCUT2D eigenvalue weighted by atomic mass is 9.67. The molecule has 2 heteroatoms. The first kappa shape index (κ1) is 14.3. The predicted molar refractivity (Wildman–Crippen MR) is 72.1 cm³/mol. The SMILES string of the molecule is COC1(C(C)(C)C)C=CC(O)=C(C(C)(C)C)C1. The van der Waals surface area contributed by atoms with Crippen LogP contribution in [0.25, 0.3) is 0 Å². The fourth-order valence-corrected chi connectivity index (χ4v) is 2.34. The summed E-state index contributed by atoms with van der Waals surface area (Å²) < 4.78 is 5.78. The minimum Gasteiger partial charge on any atom is -0.508 e. The summed E-state index contributed by atoms with van der Waals surface area (Å²) in [6.07, 6.45) is 4.54. The Hall–Kier alpha value is -0.760. The van der Waals surface area contributed by atoms with Crippen molar-refractivity contribution in [1.29, 1.82) is 0 Å². The summed E-state index contributed by atoms with van der Waals surface area (Å²) in [4.78, 5) is 0. The van der Waals surface area contributed by atoms with Crippen LogP contribution in [0.4, 0.5) is 0 Å². The normalized spacial score (nSPS) is 26.5. The molecule has 17 heavy (non-hydrogen) atoms. The molecule has 0 aromatic rings. The zero-order valence-corrected chi connectivity index (χ0v) is 12.2. The summed E-state index contributed by atoms with van der Waals surface area (Å²) in [7, 11) is 1.75. The van der Waals surface area contributed by atoms with Gasteiger partial charge in [-0.15, -0.1) is 0 Å². The van der Waals surface area contributed by atoms with Crippen LogP contribution in [0.3, 0.4) is 0 Å². The third kappa shape index (κ3) is 2.57. The topological polar surface area (TPSA) is 29.5 Å². The molecule has 98 valence electrons. The second kappa shape index (κ2) is 4.16. The quantitative estimate of drug-likeness (QED) is 0.740. The van der Waals surface area contributed by atoms with Crippen molar-refractivity contribution in [2.45, 2.75) is 53.6 Å². The zero-order valence-electron chi connectivity index (χ0n) is 12.2. The smallest absolute Gasteiger partial charge is 0.115 e. The average molecular weight is 238 g/mol. The van der Waals surface area contributed by atoms with Crippen molar-refractivity contribution in [3.63, 3.8) is 0 Å². The Morgan fingerprint density at radius 2 is 1.71 bits per heavy atom. The van der Waals surface area contributed by atoms with Crippen molar-refractivity contribution in [2.75, 3.05) is 7.11 Å². The molecule has 0 amide bonds. The predicted octanol–water partition coefficient (Wildman–Crippen LogP) is 4.24. The van der Waals surface area contributed by atoms with Gasteiger partial charge in [0.25, 0.3) is 0 Å². The highest BCUT2D eigenvalue weighted by Crippen LogP contribution is 2.46. The third-order valence-electron chi connectivity index (χ3n) is 3.80. The van der Waals surface area contributed by atoms with Crippen molar-refractivity contribution in [3.8, 4) is 0 Å². The van der Waals surface area contributed by atoms with Crippen molar-refractivity contribution in [3.05, 3.63) is 23.5 Å². The number of aliphatic hydroxyl groups excluding tert-OH is 1. The monoisotopic (exact) mass is 238 g/mol. The summed E-state index contributed by atoms with van der Waals surface area (Å²) in [6, 6.07) is 0. The maximum atomic E-state index is 10.0. The van der Waals surface area contributed by atoms with Crippen LogP contribution >= 0.6 is 0 Å². The molecule has 2 nitrogen and oxygen atoms in total. The van der Waals surface area contributed by atoms with E-state index in [0.717, 1.165) is 12.0 Å². The fraction of sp³-hybridized carbons (Fsp3) is 0.733. The van der Waals surface area contributed by atoms with Crippen molar-refractivity contribution in [1.82, 2.24) is 0 Å². The van der Waals surface area contributed by atoms with E-state index in [-0.39, 0.29) is 16.4 Å². The Morgan fingerprint density at radius 3 is 2.06 bits per heavy atom. The molecule has 1 aliphatic carbocycles. The number of aliphatic hydroxyl groups is 1. The molecule has 0 heterocycles. The van der Waals surface area contributed by atoms with Crippen LogP contribution in [-0.2, 0) is 4.74 Å². The van der Waals surface area contributed by atoms with Gasteiger partial charge in [-0.2, -0.15) is 0 Å². The van der Waals surface area contributed by atoms with Gasteiger partial charge in [-0.25, -0.2) is 0 Å². The number of hydrogen-bond acceptors (Lipinski definition) is 2. The van der Waals surface area contributed by atoms with Gasteiger partial charge in [0.05, 0.1) is 5.60 Å². The number of rotatable bonds is 1. The van der Waals surface area contributed by atoms with E-state index in [1.165, 1.54) is 0 Å². The van der Waals surface area contributed by atoms with Gasteiger partial charge in [0, 0.05) is 13.5 Å². The number of hydrogen-bond donors (Lipinski definition) is 1. The summed E-state index contributed by atoms with van der Waals surface area (Å²) in [5.41, 5.74) is 0.693. The lowest BCUT2D eigenvalue weighted by Crippen LogP contribution is -2.45. The minimum atomic E-state index is -0.332. The Labute approximate surface area is 105 Å². The van der Waals surface area contributed by atoms with E-state index in [9.17, 15) is 5.11 Å². The zero-order chi connectivity index (χ0) is 13.5. The molecule has 1 N–H and O–H groups in total. The molecule has 0 bridgehead atoms. The summed E-state index contributed by atoms with van der Waals surface area (Å²) >= 11 is 0. The average Bonchev–Trinajstić information content (AvgIpc) is 2.15. The molecule has 0 fully saturated rings. The van der Waals surface area contributed by atoms with Crippen molar-refractivity contribution in [2.24, 2.45) is 10.8 Å². The minimum absolute atomic E-state index is 0.00451. The van der Waals surface area contributed by atoms with Crippen molar-refractivity contribution >= 4 is 0 Å². The highest BCUT2D eigenvalue weighted by Gasteiger charge is 2.44. The van der Waals surface area contributed by atoms with Gasteiger partial charge in [0.1, 0.15) is 5.76 Å². The molecule has 1 aliphatic rings. The Balaban J connectivity index is 3.20. The Bertz CT molecular complexity index is 350. The molecule has 0 aromatic carbocycles. The third-order valence-corrected chi connectivity index (χ3v) is 3.80. The first-order chi connectivity index (χ1) is 7.53. The van der Waals surface area contributed by atoms with Crippen LogP contribution < -0.4 is 0 Å². The van der Waals surface area contributed by atoms with Gasteiger partial charge in [-0.1, -0.05) is 41.5 Å². The molecular formula is C15H26O2. The van der Waals surface area contributed by atoms with Gasteiger partial charge in [-0.3, -0.25) is 0 Å². The van der Waals surface area contributed by atoms with E-state index in [0.29, 0.717) is 5.76 Å². The maximum absolute atomic E-state index is 10.0. The van der Waals surface area contributed by atoms with Crippen LogP contribution in [0.1, 0.15) is 48.0 Å². The van der Waals surface area contributed by atoms with E-state index in [1.807, 2.05) is 6.08 Å². The van der Waals surface area contributed by atoms with Gasteiger partial charge in [-0.05, 0) is 28.6 Å². The lowest BCUT2D eigenvalue weighted by molar-refractivity contribution is -0.0567. The number of ether oxygens (including phenoxy) is 1. The number of methoxy groups -OCH3 is 1. The van der Waals surface area contributed by atoms with Crippen molar-refractivity contribution < 1.29 is 9.84 Å². The van der Waals surface area contributed by atoms with E-state index in [4.69, 9.17) is 4.74 Å². The second-order valence-electron chi connectivity index (χ2n) is 6.97. The molecule has 0 aliphatic heterocycles. The summed E-state index contributed by atoms with van der Waals surface area (Å²) in [5, 5.41) is 10.0. The standard InChI is InChI=1S/C15H26O2/c1-13(2,3)11-10-15(17-7,14(4,5)6)9-8-12(11)16/h8-9,16H,10H2,1-7H3. The summed E-state index contributed by atoms with van der Waals surface area (Å²) in [5.74, 6) is 0.398. The van der Waals surface area contributed by atoms with Crippen LogP contribution in [0.15, 0.2) is 23.5 Å². The molecule has 0 aromatic heterocycles. The highest BCUT2D eigenvalue weighted by molar-refractivity contribution is 5.34. The van der Waals surface area contributed by atoms with Crippen LogP contribution in [0, 0.1) is 10.8 Å². The lowest BCUT2D eigenvalue weighted by Gasteiger charge is -2.45. The first-order valence-electron chi connectivity index (χ1n) is 6.20. The molecule has 1 atom stereocenters. The van der Waals surface area contributed by atoms with Gasteiger partial charge in [0.15, 0.2) is 0 Å². The van der Waals surface area contributed by atoms with Crippen LogP contribution in [0.2, 0.25) is 0 Å². The van der Waals surface area contributed by atoms with Crippen LogP contribution in [-0.4, -0.2) is 17.8 Å². The van der Waals surface area contributed by atoms with Gasteiger partial charge < -0.3 is 9.84 Å². The van der Waals surface area contributed by atoms with E-state index in [2.05, 4.69) is 41.5 Å². The second-order valence-corrected chi connectivity index (χ2v) is 6.97. The highest BCUT2D eigenvalue weighted by atomic mass is 16.5.